The average Bonchev–Trinajstić information content (AvgIpc) is 3.14. The Morgan fingerprint density at radius 3 is 2.10 bits per heavy atom. The lowest BCUT2D eigenvalue weighted by molar-refractivity contribution is -0.136. The van der Waals surface area contributed by atoms with Crippen LogP contribution in [-0.4, -0.2) is 48.7 Å². The summed E-state index contributed by atoms with van der Waals surface area (Å²) in [5.41, 5.74) is 2.85. The summed E-state index contributed by atoms with van der Waals surface area (Å²) >= 11 is 0. The first-order valence-electron chi connectivity index (χ1n) is 9.91. The van der Waals surface area contributed by atoms with Crippen molar-refractivity contribution in [2.75, 3.05) is 29.5 Å². The number of rotatable bonds is 7. The molecular weight excluding hydrogens is 400 g/mol. The molecule has 0 aromatic heterocycles. The number of carboxylic acid groups (broad SMARTS) is 1. The van der Waals surface area contributed by atoms with Gasteiger partial charge < -0.3 is 9.84 Å². The fourth-order valence-electron chi connectivity index (χ4n) is 3.26. The third kappa shape index (κ3) is 5.39. The minimum atomic E-state index is -0.840. The van der Waals surface area contributed by atoms with Crippen LogP contribution in [0.4, 0.5) is 21.0 Å². The maximum atomic E-state index is 12.9. The van der Waals surface area contributed by atoms with Crippen molar-refractivity contribution in [3.05, 3.63) is 59.7 Å². The first-order chi connectivity index (χ1) is 14.9. The summed E-state index contributed by atoms with van der Waals surface area (Å²) in [6, 6.07) is 13.9. The van der Waals surface area contributed by atoms with E-state index in [1.807, 2.05) is 24.3 Å². The summed E-state index contributed by atoms with van der Waals surface area (Å²) in [4.78, 5) is 38.4. The van der Waals surface area contributed by atoms with E-state index >= 15 is 0 Å². The van der Waals surface area contributed by atoms with Crippen LogP contribution in [0.1, 0.15) is 24.5 Å². The molecule has 1 aliphatic rings. The zero-order chi connectivity index (χ0) is 22.4. The molecule has 2 aromatic rings. The lowest BCUT2D eigenvalue weighted by Crippen LogP contribution is -2.32. The van der Waals surface area contributed by atoms with Gasteiger partial charge in [0.1, 0.15) is 5.84 Å². The highest BCUT2D eigenvalue weighted by Crippen LogP contribution is 2.26. The molecule has 31 heavy (non-hydrogen) atoms. The van der Waals surface area contributed by atoms with E-state index in [1.165, 1.54) is 0 Å². The van der Waals surface area contributed by atoms with E-state index in [-0.39, 0.29) is 24.9 Å². The van der Waals surface area contributed by atoms with Crippen LogP contribution in [0.5, 0.6) is 0 Å². The van der Waals surface area contributed by atoms with Crippen LogP contribution >= 0.6 is 0 Å². The molecule has 9 heteroatoms. The maximum absolute atomic E-state index is 12.9. The monoisotopic (exact) mass is 424 g/mol. The van der Waals surface area contributed by atoms with Gasteiger partial charge in [-0.3, -0.25) is 25.3 Å². The number of hydrogen-bond acceptors (Lipinski definition) is 5. The molecule has 3 N–H and O–H groups in total. The third-order valence-corrected chi connectivity index (χ3v) is 4.85. The summed E-state index contributed by atoms with van der Waals surface area (Å²) in [5, 5.41) is 19.1. The van der Waals surface area contributed by atoms with Crippen molar-refractivity contribution in [3.63, 3.8) is 0 Å². The molecule has 1 aliphatic heterocycles. The van der Waals surface area contributed by atoms with Crippen LogP contribution in [0.2, 0.25) is 0 Å². The topological polar surface area (TPSA) is 123 Å². The van der Waals surface area contributed by atoms with Gasteiger partial charge in [0.05, 0.1) is 6.61 Å². The van der Waals surface area contributed by atoms with Crippen molar-refractivity contribution in [2.24, 2.45) is 0 Å². The van der Waals surface area contributed by atoms with E-state index < -0.39 is 12.1 Å². The second kappa shape index (κ2) is 9.75. The average molecular weight is 424 g/mol. The number of nitrogens with zero attached hydrogens (tertiary/aromatic N) is 2. The van der Waals surface area contributed by atoms with E-state index in [1.54, 1.807) is 41.0 Å². The fraction of sp³-hybridized carbons (Fsp3) is 0.273. The predicted molar refractivity (Wildman–Crippen MR) is 116 cm³/mol. The molecule has 9 nitrogen and oxygen atoms in total. The van der Waals surface area contributed by atoms with Crippen LogP contribution in [0.15, 0.2) is 48.5 Å². The number of alkyl carbamates (subject to hydrolysis) is 1. The Morgan fingerprint density at radius 1 is 1.03 bits per heavy atom. The molecule has 0 spiro atoms. The summed E-state index contributed by atoms with van der Waals surface area (Å²) in [6.45, 7) is 2.94. The van der Waals surface area contributed by atoms with Gasteiger partial charge in [0.15, 0.2) is 0 Å². The largest absolute Gasteiger partial charge is 0.481 e. The van der Waals surface area contributed by atoms with Crippen LogP contribution < -0.4 is 15.1 Å². The highest BCUT2D eigenvalue weighted by atomic mass is 16.5. The van der Waals surface area contributed by atoms with Gasteiger partial charge in [0.25, 0.3) is 0 Å². The molecule has 0 aliphatic carbocycles. The highest BCUT2D eigenvalue weighted by molar-refractivity contribution is 6.07. The van der Waals surface area contributed by atoms with Crippen LogP contribution in [-0.2, 0) is 16.0 Å². The number of urea groups is 1. The van der Waals surface area contributed by atoms with Gasteiger partial charge >= 0.3 is 18.1 Å². The lowest BCUT2D eigenvalue weighted by Gasteiger charge is -2.19. The van der Waals surface area contributed by atoms with Crippen LogP contribution in [0.3, 0.4) is 0 Å². The van der Waals surface area contributed by atoms with E-state index in [4.69, 9.17) is 15.3 Å². The van der Waals surface area contributed by atoms with E-state index in [2.05, 4.69) is 5.32 Å². The van der Waals surface area contributed by atoms with E-state index in [0.717, 1.165) is 11.3 Å². The standard InChI is InChI=1S/C22H24N4O5/c1-2-31-21(29)24-20(23)16-6-10-18(11-7-16)26-14-13-25(22(26)30)17-8-3-15(4-9-17)5-12-19(27)28/h3-4,6-11H,2,5,12-14H2,1H3,(H,27,28)(H2,23,24,29). The summed E-state index contributed by atoms with van der Waals surface area (Å²) < 4.78 is 4.76. The molecule has 3 rings (SSSR count). The zero-order valence-electron chi connectivity index (χ0n) is 17.1. The molecule has 0 bridgehead atoms. The van der Waals surface area contributed by atoms with Gasteiger partial charge in [0.2, 0.25) is 0 Å². The molecular formula is C22H24N4O5. The van der Waals surface area contributed by atoms with Gasteiger partial charge in [-0.05, 0) is 55.3 Å². The Labute approximate surface area is 179 Å². The molecule has 1 fully saturated rings. The van der Waals surface area contributed by atoms with Crippen molar-refractivity contribution >= 4 is 35.3 Å². The maximum Gasteiger partial charge on any atom is 0.412 e. The number of aryl methyl sites for hydroxylation is 1. The number of carboxylic acids is 1. The quantitative estimate of drug-likeness (QED) is 0.465. The van der Waals surface area contributed by atoms with Gasteiger partial charge in [-0.1, -0.05) is 12.1 Å². The van der Waals surface area contributed by atoms with Gasteiger partial charge in [-0.2, -0.15) is 0 Å². The first-order valence-corrected chi connectivity index (χ1v) is 9.91. The van der Waals surface area contributed by atoms with Crippen LogP contribution in [0.25, 0.3) is 0 Å². The van der Waals surface area contributed by atoms with Crippen molar-refractivity contribution in [1.82, 2.24) is 5.32 Å². The summed E-state index contributed by atoms with van der Waals surface area (Å²) in [7, 11) is 0. The number of amides is 3. The number of nitrogens with one attached hydrogen (secondary N) is 2. The van der Waals surface area contributed by atoms with Crippen molar-refractivity contribution < 1.29 is 24.2 Å². The lowest BCUT2D eigenvalue weighted by atomic mass is 10.1. The van der Waals surface area contributed by atoms with Crippen molar-refractivity contribution in [2.45, 2.75) is 19.8 Å². The Hall–Kier alpha value is -3.88. The van der Waals surface area contributed by atoms with Gasteiger partial charge in [-0.25, -0.2) is 9.59 Å². The number of anilines is 2. The molecule has 0 radical (unpaired) electrons. The number of benzene rings is 2. The Morgan fingerprint density at radius 2 is 1.58 bits per heavy atom. The number of amidine groups is 1. The molecule has 0 saturated carbocycles. The third-order valence-electron chi connectivity index (χ3n) is 4.85. The Kier molecular flexibility index (Phi) is 6.86. The number of aliphatic carboxylic acids is 1. The van der Waals surface area contributed by atoms with Crippen molar-refractivity contribution in [1.29, 1.82) is 5.41 Å². The van der Waals surface area contributed by atoms with Crippen LogP contribution in [0, 0.1) is 5.41 Å². The molecule has 2 aromatic carbocycles. The van der Waals surface area contributed by atoms with Crippen molar-refractivity contribution in [3.8, 4) is 0 Å². The molecule has 1 heterocycles. The Bertz CT molecular complexity index is 972. The summed E-state index contributed by atoms with van der Waals surface area (Å²) in [6.07, 6.45) is -0.170. The highest BCUT2D eigenvalue weighted by Gasteiger charge is 2.30. The normalized spacial score (nSPS) is 13.3. The second-order valence-corrected chi connectivity index (χ2v) is 6.91. The number of carbonyl (C=O) groups is 3. The number of hydrogen-bond donors (Lipinski definition) is 3. The van der Waals surface area contributed by atoms with Gasteiger partial charge in [0, 0.05) is 36.4 Å². The molecule has 1 saturated heterocycles. The van der Waals surface area contributed by atoms with E-state index in [9.17, 15) is 14.4 Å². The second-order valence-electron chi connectivity index (χ2n) is 6.91. The molecule has 162 valence electrons. The Balaban J connectivity index is 1.63. The minimum Gasteiger partial charge on any atom is -0.481 e. The zero-order valence-corrected chi connectivity index (χ0v) is 17.1. The van der Waals surface area contributed by atoms with E-state index in [0.29, 0.717) is 30.8 Å². The first kappa shape index (κ1) is 21.8. The number of ether oxygens (including phenoxy) is 1. The summed E-state index contributed by atoms with van der Waals surface area (Å²) in [5.74, 6) is -0.922. The van der Waals surface area contributed by atoms with Gasteiger partial charge in [-0.15, -0.1) is 0 Å². The molecule has 0 unspecified atom stereocenters. The predicted octanol–water partition coefficient (Wildman–Crippen LogP) is 3.22. The fourth-order valence-corrected chi connectivity index (χ4v) is 3.26. The molecule has 0 atom stereocenters. The SMILES string of the molecule is CCOC(=O)NC(=N)c1ccc(N2CCN(c3ccc(CCC(=O)O)cc3)C2=O)cc1. The minimum absolute atomic E-state index is 0.0680. The molecule has 3 amide bonds. The number of carbonyl (C=O) groups excluding carboxylic acids is 2. The smallest absolute Gasteiger partial charge is 0.412 e.